The van der Waals surface area contributed by atoms with Crippen LogP contribution in [0.3, 0.4) is 0 Å². The zero-order valence-electron chi connectivity index (χ0n) is 35.6. The van der Waals surface area contributed by atoms with Gasteiger partial charge < -0.3 is 53.6 Å². The molecule has 19 atom stereocenters. The summed E-state index contributed by atoms with van der Waals surface area (Å²) in [4.78, 5) is 13.8. The highest BCUT2D eigenvalue weighted by atomic mass is 32.2. The number of hydrogen-bond donors (Lipinski definition) is 4. The summed E-state index contributed by atoms with van der Waals surface area (Å²) in [5.41, 5.74) is -0.901. The van der Waals surface area contributed by atoms with Crippen LogP contribution in [0.15, 0.2) is 11.6 Å². The lowest BCUT2D eigenvalue weighted by molar-refractivity contribution is -0.329. The van der Waals surface area contributed by atoms with Gasteiger partial charge in [0.15, 0.2) is 28.7 Å². The maximum Gasteiger partial charge on any atom is 0.331 e. The Balaban J connectivity index is 0.820. The Morgan fingerprint density at radius 1 is 0.814 bits per heavy atom. The van der Waals surface area contributed by atoms with Gasteiger partial charge in [0, 0.05) is 50.1 Å². The van der Waals surface area contributed by atoms with Crippen LogP contribution >= 0.6 is 0 Å². The van der Waals surface area contributed by atoms with E-state index in [1.807, 2.05) is 25.7 Å². The van der Waals surface area contributed by atoms with Crippen molar-refractivity contribution in [2.45, 2.75) is 185 Å². The molecule has 4 saturated carbocycles. The molecular weight excluding hydrogens is 787 g/mol. The van der Waals surface area contributed by atoms with Gasteiger partial charge in [0.2, 0.25) is 0 Å². The molecule has 5 unspecified atom stereocenters. The second-order valence-corrected chi connectivity index (χ2v) is 22.2. The smallest absolute Gasteiger partial charge is 0.331 e. The van der Waals surface area contributed by atoms with E-state index in [9.17, 15) is 33.6 Å². The number of nitrogens with zero attached hydrogens (tertiary/aromatic N) is 1. The largest absolute Gasteiger partial charge is 0.458 e. The summed E-state index contributed by atoms with van der Waals surface area (Å²) in [6.45, 7) is 11.1. The molecule has 0 aromatic carbocycles. The van der Waals surface area contributed by atoms with E-state index in [2.05, 4.69) is 6.92 Å². The first-order valence-corrected chi connectivity index (χ1v) is 24.3. The Bertz CT molecular complexity index is 1660. The third kappa shape index (κ3) is 8.46. The minimum atomic E-state index is -3.18. The second-order valence-electron chi connectivity index (χ2n) is 20.0. The van der Waals surface area contributed by atoms with E-state index in [-0.39, 0.29) is 66.7 Å². The van der Waals surface area contributed by atoms with Crippen LogP contribution in [0.1, 0.15) is 105 Å². The van der Waals surface area contributed by atoms with E-state index < -0.39 is 82.5 Å². The van der Waals surface area contributed by atoms with Crippen LogP contribution in [-0.4, -0.2) is 151 Å². The standard InChI is InChI=1S/C43H69NO14S/c1-23-20-44(22-59(6,50)51)14-11-36(53-23)57-39-24(2)55-38(19-33(39)46)58-40-25(3)54-37(18-32(40)45)56-28-9-12-41(4)27(16-28)7-8-30-31(41)17-34(47)42(5)29(10-13-43(30,42)49)26-15-35(48)52-21-26/h15,23-25,27-34,36-40,45-47,49H,7-14,16-22H2,1-6H3/t23?,24-,25-,27?,28-,29+,30?,31?,32-,33-,34-,36?,37-,38-,39+,40+,41-,42-,43-/m0/s1. The summed E-state index contributed by atoms with van der Waals surface area (Å²) in [7, 11) is -3.18. The van der Waals surface area contributed by atoms with Gasteiger partial charge in [-0.3, -0.25) is 4.90 Å². The van der Waals surface area contributed by atoms with E-state index in [0.29, 0.717) is 38.3 Å². The van der Waals surface area contributed by atoms with Gasteiger partial charge in [-0.25, -0.2) is 13.2 Å². The topological polar surface area (TPSA) is 200 Å². The minimum absolute atomic E-state index is 0.0474. The fourth-order valence-electron chi connectivity index (χ4n) is 13.3. The number of carbonyl (C=O) groups is 1. The third-order valence-corrected chi connectivity index (χ3v) is 17.1. The molecule has 8 aliphatic rings. The van der Waals surface area contributed by atoms with Crippen molar-refractivity contribution >= 4 is 15.8 Å². The number of aliphatic hydroxyl groups excluding tert-OH is 3. The van der Waals surface area contributed by atoms with Crippen molar-refractivity contribution in [2.24, 2.45) is 34.5 Å². The van der Waals surface area contributed by atoms with Crippen LogP contribution in [0.25, 0.3) is 0 Å². The number of esters is 1. The SMILES string of the molecule is CC1CN(CS(C)(=O)=O)CCC(O[C@@H]2[C@H](C)O[C@@H](O[C@@H]3[C@H](C)O[C@@H](O[C@H]4CC[C@@]5(C)C(CCC6C5C[C@H](O)[C@]5(C)[C@@H](C7=CC(=O)OC7)CC[C@]65O)C4)C[C@@H]3O)C[C@@H]2O)O1. The highest BCUT2D eigenvalue weighted by Gasteiger charge is 2.71. The van der Waals surface area contributed by atoms with Crippen molar-refractivity contribution in [3.05, 3.63) is 11.6 Å². The van der Waals surface area contributed by atoms with Crippen LogP contribution in [0.4, 0.5) is 0 Å². The molecular formula is C43H69NO14S. The van der Waals surface area contributed by atoms with Crippen LogP contribution in [0.5, 0.6) is 0 Å². The van der Waals surface area contributed by atoms with Crippen molar-refractivity contribution in [1.82, 2.24) is 4.90 Å². The molecule has 0 bridgehead atoms. The zero-order valence-corrected chi connectivity index (χ0v) is 36.5. The number of fused-ring (bicyclic) bond motifs is 5. The molecule has 4 aliphatic heterocycles. The summed E-state index contributed by atoms with van der Waals surface area (Å²) in [6.07, 6.45) is 2.73. The number of cyclic esters (lactones) is 1. The predicted octanol–water partition coefficient (Wildman–Crippen LogP) is 2.80. The van der Waals surface area contributed by atoms with Crippen molar-refractivity contribution in [3.63, 3.8) is 0 Å². The lowest BCUT2D eigenvalue weighted by Crippen LogP contribution is -2.67. The van der Waals surface area contributed by atoms with Gasteiger partial charge in [-0.05, 0) is 107 Å². The number of aliphatic hydroxyl groups is 4. The molecule has 59 heavy (non-hydrogen) atoms. The van der Waals surface area contributed by atoms with Gasteiger partial charge in [0.05, 0.1) is 48.3 Å². The van der Waals surface area contributed by atoms with Gasteiger partial charge in [0.25, 0.3) is 0 Å². The molecule has 0 amide bonds. The lowest BCUT2D eigenvalue weighted by Gasteiger charge is -2.65. The Morgan fingerprint density at radius 2 is 1.47 bits per heavy atom. The first-order valence-electron chi connectivity index (χ1n) is 22.2. The third-order valence-electron chi connectivity index (χ3n) is 16.3. The fraction of sp³-hybridized carbons (Fsp3) is 0.930. The zero-order chi connectivity index (χ0) is 42.2. The van der Waals surface area contributed by atoms with Crippen LogP contribution in [0, 0.1) is 34.5 Å². The quantitative estimate of drug-likeness (QED) is 0.195. The van der Waals surface area contributed by atoms with Crippen LogP contribution < -0.4 is 0 Å². The molecule has 0 spiro atoms. The Hall–Kier alpha value is -1.28. The molecule has 0 aromatic heterocycles. The number of carbonyl (C=O) groups excluding carboxylic acids is 1. The Labute approximate surface area is 349 Å². The molecule has 15 nitrogen and oxygen atoms in total. The van der Waals surface area contributed by atoms with Crippen molar-refractivity contribution in [2.75, 3.05) is 31.8 Å². The Morgan fingerprint density at radius 3 is 2.10 bits per heavy atom. The summed E-state index contributed by atoms with van der Waals surface area (Å²) >= 11 is 0. The minimum Gasteiger partial charge on any atom is -0.458 e. The number of sulfone groups is 1. The summed E-state index contributed by atoms with van der Waals surface area (Å²) in [5, 5.41) is 47.0. The van der Waals surface area contributed by atoms with Crippen molar-refractivity contribution in [3.8, 4) is 0 Å². The highest BCUT2D eigenvalue weighted by Crippen LogP contribution is 2.70. The lowest BCUT2D eigenvalue weighted by atomic mass is 9.42. The van der Waals surface area contributed by atoms with E-state index in [1.54, 1.807) is 13.0 Å². The second kappa shape index (κ2) is 16.7. The molecule has 4 N–H and O–H groups in total. The molecule has 16 heteroatoms. The van der Waals surface area contributed by atoms with Gasteiger partial charge in [-0.15, -0.1) is 0 Å². The summed E-state index contributed by atoms with van der Waals surface area (Å²) < 4.78 is 66.6. The number of hydrogen-bond acceptors (Lipinski definition) is 15. The maximum absolute atomic E-state index is 12.6. The van der Waals surface area contributed by atoms with Crippen LogP contribution in [0.2, 0.25) is 0 Å². The average molecular weight is 856 g/mol. The summed E-state index contributed by atoms with van der Waals surface area (Å²) in [6, 6.07) is 0. The van der Waals surface area contributed by atoms with Gasteiger partial charge in [0.1, 0.15) is 24.7 Å². The molecule has 8 rings (SSSR count). The maximum atomic E-state index is 12.6. The van der Waals surface area contributed by atoms with Gasteiger partial charge >= 0.3 is 5.97 Å². The van der Waals surface area contributed by atoms with E-state index in [4.69, 9.17) is 33.2 Å². The molecule has 7 fully saturated rings. The number of rotatable bonds is 9. The molecule has 4 heterocycles. The normalized spacial score (nSPS) is 50.9. The molecule has 336 valence electrons. The molecule has 4 aliphatic carbocycles. The monoisotopic (exact) mass is 855 g/mol. The molecule has 0 radical (unpaired) electrons. The van der Waals surface area contributed by atoms with E-state index in [0.717, 1.165) is 44.1 Å². The highest BCUT2D eigenvalue weighted by molar-refractivity contribution is 7.90. The first kappa shape index (κ1) is 44.3. The van der Waals surface area contributed by atoms with Gasteiger partial charge in [-0.2, -0.15) is 0 Å². The fourth-order valence-corrected chi connectivity index (χ4v) is 14.2. The van der Waals surface area contributed by atoms with Gasteiger partial charge in [-0.1, -0.05) is 13.8 Å². The number of ether oxygens (including phenoxy) is 7. The average Bonchev–Trinajstić information content (AvgIpc) is 3.64. The molecule has 3 saturated heterocycles. The van der Waals surface area contributed by atoms with E-state index >= 15 is 0 Å². The van der Waals surface area contributed by atoms with Crippen LogP contribution in [-0.2, 0) is 47.8 Å². The van der Waals surface area contributed by atoms with Crippen molar-refractivity contribution in [1.29, 1.82) is 0 Å². The summed E-state index contributed by atoms with van der Waals surface area (Å²) in [5.74, 6) is 0.142. The van der Waals surface area contributed by atoms with Crippen molar-refractivity contribution < 1.29 is 66.8 Å². The first-order chi connectivity index (χ1) is 27.8. The molecule has 0 aromatic rings. The van der Waals surface area contributed by atoms with E-state index in [1.165, 1.54) is 6.26 Å². The predicted molar refractivity (Wildman–Crippen MR) is 212 cm³/mol. The Kier molecular flexibility index (Phi) is 12.5.